The first-order valence-electron chi connectivity index (χ1n) is 10.1. The van der Waals surface area contributed by atoms with Gasteiger partial charge in [0, 0.05) is 11.1 Å². The normalized spacial score (nSPS) is 12.1. The van der Waals surface area contributed by atoms with Gasteiger partial charge in [0.25, 0.3) is 5.91 Å². The highest BCUT2D eigenvalue weighted by Gasteiger charge is 2.26. The highest BCUT2D eigenvalue weighted by molar-refractivity contribution is 5.86. The Kier molecular flexibility index (Phi) is 7.49. The van der Waals surface area contributed by atoms with E-state index in [0.29, 0.717) is 5.76 Å². The fraction of sp³-hybridized carbons (Fsp3) is 0.435. The van der Waals surface area contributed by atoms with E-state index >= 15 is 0 Å². The van der Waals surface area contributed by atoms with Crippen LogP contribution in [0.3, 0.4) is 0 Å². The van der Waals surface area contributed by atoms with Gasteiger partial charge in [-0.15, -0.1) is 0 Å². The summed E-state index contributed by atoms with van der Waals surface area (Å²) in [5, 5.41) is 19.8. The van der Waals surface area contributed by atoms with E-state index in [-0.39, 0.29) is 29.7 Å². The van der Waals surface area contributed by atoms with Crippen LogP contribution in [0.1, 0.15) is 64.0 Å². The summed E-state index contributed by atoms with van der Waals surface area (Å²) in [6.07, 6.45) is 3.04. The Morgan fingerprint density at radius 2 is 1.68 bits per heavy atom. The molecule has 0 unspecified atom stereocenters. The number of carbonyl (C=O) groups excluding carboxylic acids is 2. The van der Waals surface area contributed by atoms with Gasteiger partial charge in [0.05, 0.1) is 19.0 Å². The Bertz CT molecular complexity index is 900. The minimum atomic E-state index is -0.487. The molecule has 0 radical (unpaired) electrons. The summed E-state index contributed by atoms with van der Waals surface area (Å²) in [4.78, 5) is 23.7. The Morgan fingerprint density at radius 1 is 1.06 bits per heavy atom. The number of hydrogen-bond acceptors (Lipinski definition) is 5. The average molecular weight is 429 g/mol. The summed E-state index contributed by atoms with van der Waals surface area (Å²) >= 11 is 0. The summed E-state index contributed by atoms with van der Waals surface area (Å²) in [6.45, 7) is 12.2. The number of phenolic OH excluding ortho intramolecular Hbond substituents is 1. The number of rotatable bonds is 6. The van der Waals surface area contributed by atoms with E-state index in [1.54, 1.807) is 12.1 Å². The molecule has 0 aliphatic heterocycles. The summed E-state index contributed by atoms with van der Waals surface area (Å²) in [6, 6.07) is 6.70. The number of carbonyl (C=O) groups is 2. The van der Waals surface area contributed by atoms with Crippen LogP contribution in [0.5, 0.6) is 5.75 Å². The monoisotopic (exact) mass is 428 g/mol. The summed E-state index contributed by atoms with van der Waals surface area (Å²) in [7, 11) is 0. The molecule has 31 heavy (non-hydrogen) atoms. The lowest BCUT2D eigenvalue weighted by molar-refractivity contribution is -0.120. The van der Waals surface area contributed by atoms with E-state index < -0.39 is 11.9 Å². The molecular formula is C23H32N4O4. The molecule has 168 valence electrons. The van der Waals surface area contributed by atoms with Crippen LogP contribution >= 0.6 is 0 Å². The summed E-state index contributed by atoms with van der Waals surface area (Å²) in [5.41, 5.74) is 4.25. The second-order valence-corrected chi connectivity index (χ2v) is 9.37. The van der Waals surface area contributed by atoms with E-state index in [0.717, 1.165) is 16.7 Å². The van der Waals surface area contributed by atoms with Crippen LogP contribution in [-0.4, -0.2) is 29.8 Å². The molecule has 3 amide bonds. The SMILES string of the molecule is CC(C)(C)c1cc(C=NNC(=O)CNC(=O)NCc2ccco2)cc(C(C)(C)C)c1O. The topological polar surface area (TPSA) is 116 Å². The maximum absolute atomic E-state index is 12.0. The minimum absolute atomic E-state index is 0.225. The number of benzene rings is 1. The molecule has 0 aliphatic rings. The quantitative estimate of drug-likeness (QED) is 0.416. The van der Waals surface area contributed by atoms with Crippen LogP contribution < -0.4 is 16.1 Å². The maximum Gasteiger partial charge on any atom is 0.315 e. The number of urea groups is 1. The Hall–Kier alpha value is -3.29. The number of nitrogens with one attached hydrogen (secondary N) is 3. The lowest BCUT2D eigenvalue weighted by Gasteiger charge is -2.27. The predicted octanol–water partition coefficient (Wildman–Crippen LogP) is 3.53. The van der Waals surface area contributed by atoms with Crippen molar-refractivity contribution in [3.8, 4) is 5.75 Å². The van der Waals surface area contributed by atoms with Crippen molar-refractivity contribution in [2.45, 2.75) is 58.9 Å². The van der Waals surface area contributed by atoms with Crippen LogP contribution in [0.2, 0.25) is 0 Å². The van der Waals surface area contributed by atoms with Gasteiger partial charge in [0.1, 0.15) is 18.1 Å². The number of furan rings is 1. The number of phenols is 1. The zero-order valence-electron chi connectivity index (χ0n) is 19.0. The fourth-order valence-electron chi connectivity index (χ4n) is 2.90. The molecule has 8 heteroatoms. The Labute approximate surface area is 183 Å². The second kappa shape index (κ2) is 9.68. The maximum atomic E-state index is 12.0. The van der Waals surface area contributed by atoms with Crippen molar-refractivity contribution in [2.24, 2.45) is 5.10 Å². The van der Waals surface area contributed by atoms with E-state index in [4.69, 9.17) is 4.42 Å². The number of nitrogens with zero attached hydrogens (tertiary/aromatic N) is 1. The van der Waals surface area contributed by atoms with E-state index in [2.05, 4.69) is 21.2 Å². The molecular weight excluding hydrogens is 396 g/mol. The van der Waals surface area contributed by atoms with E-state index in [1.807, 2.05) is 53.7 Å². The number of hydrogen-bond donors (Lipinski definition) is 4. The molecule has 0 atom stereocenters. The molecule has 0 bridgehead atoms. The molecule has 4 N–H and O–H groups in total. The first-order valence-corrected chi connectivity index (χ1v) is 10.1. The van der Waals surface area contributed by atoms with Gasteiger partial charge in [-0.1, -0.05) is 41.5 Å². The number of aromatic hydroxyl groups is 1. The van der Waals surface area contributed by atoms with Gasteiger partial charge in [0.15, 0.2) is 0 Å². The standard InChI is InChI=1S/C23H32N4O4/c1-22(2,3)17-10-15(11-18(20(17)29)23(4,5)6)12-26-27-19(28)14-25-21(30)24-13-16-8-7-9-31-16/h7-12,29H,13-14H2,1-6H3,(H,27,28)(H2,24,25,30). The predicted molar refractivity (Wildman–Crippen MR) is 120 cm³/mol. The average Bonchev–Trinajstić information content (AvgIpc) is 3.17. The molecule has 2 rings (SSSR count). The first-order chi connectivity index (χ1) is 14.4. The van der Waals surface area contributed by atoms with Gasteiger partial charge in [-0.2, -0.15) is 5.10 Å². The van der Waals surface area contributed by atoms with Gasteiger partial charge in [-0.05, 0) is 40.7 Å². The molecule has 0 saturated carbocycles. The first kappa shape index (κ1) is 24.0. The molecule has 2 aromatic rings. The third-order valence-corrected chi connectivity index (χ3v) is 4.56. The van der Waals surface area contributed by atoms with Crippen molar-refractivity contribution in [1.82, 2.24) is 16.1 Å². The minimum Gasteiger partial charge on any atom is -0.507 e. The molecule has 0 spiro atoms. The molecule has 1 aromatic carbocycles. The lowest BCUT2D eigenvalue weighted by Crippen LogP contribution is -2.40. The molecule has 0 saturated heterocycles. The number of amides is 3. The van der Waals surface area contributed by atoms with Crippen molar-refractivity contribution in [3.05, 3.63) is 53.0 Å². The highest BCUT2D eigenvalue weighted by atomic mass is 16.3. The zero-order valence-corrected chi connectivity index (χ0v) is 19.0. The van der Waals surface area contributed by atoms with Crippen LogP contribution in [0.25, 0.3) is 0 Å². The van der Waals surface area contributed by atoms with E-state index in [1.165, 1.54) is 12.5 Å². The third-order valence-electron chi connectivity index (χ3n) is 4.56. The van der Waals surface area contributed by atoms with Gasteiger partial charge in [-0.25, -0.2) is 10.2 Å². The number of hydrazone groups is 1. The van der Waals surface area contributed by atoms with Crippen LogP contribution in [0, 0.1) is 0 Å². The molecule has 8 nitrogen and oxygen atoms in total. The van der Waals surface area contributed by atoms with Gasteiger partial charge >= 0.3 is 6.03 Å². The highest BCUT2D eigenvalue weighted by Crippen LogP contribution is 2.39. The molecule has 0 fully saturated rings. The van der Waals surface area contributed by atoms with E-state index in [9.17, 15) is 14.7 Å². The van der Waals surface area contributed by atoms with Crippen LogP contribution in [-0.2, 0) is 22.2 Å². The third kappa shape index (κ3) is 7.16. The Balaban J connectivity index is 1.96. The summed E-state index contributed by atoms with van der Waals surface area (Å²) in [5.74, 6) is 0.434. The molecule has 1 aromatic heterocycles. The second-order valence-electron chi connectivity index (χ2n) is 9.37. The van der Waals surface area contributed by atoms with Crippen molar-refractivity contribution in [3.63, 3.8) is 0 Å². The summed E-state index contributed by atoms with van der Waals surface area (Å²) < 4.78 is 5.11. The molecule has 0 aliphatic carbocycles. The fourth-order valence-corrected chi connectivity index (χ4v) is 2.90. The zero-order chi connectivity index (χ0) is 23.2. The van der Waals surface area contributed by atoms with Crippen molar-refractivity contribution in [1.29, 1.82) is 0 Å². The molecule has 1 heterocycles. The van der Waals surface area contributed by atoms with Crippen molar-refractivity contribution >= 4 is 18.2 Å². The Morgan fingerprint density at radius 3 is 2.19 bits per heavy atom. The lowest BCUT2D eigenvalue weighted by atomic mass is 9.78. The van der Waals surface area contributed by atoms with Crippen molar-refractivity contribution in [2.75, 3.05) is 6.54 Å². The largest absolute Gasteiger partial charge is 0.507 e. The van der Waals surface area contributed by atoms with Crippen molar-refractivity contribution < 1.29 is 19.1 Å². The van der Waals surface area contributed by atoms with Gasteiger partial charge < -0.3 is 20.2 Å². The van der Waals surface area contributed by atoms with Gasteiger partial charge in [-0.3, -0.25) is 4.79 Å². The van der Waals surface area contributed by atoms with Crippen LogP contribution in [0.15, 0.2) is 40.0 Å². The van der Waals surface area contributed by atoms with Crippen LogP contribution in [0.4, 0.5) is 4.79 Å². The van der Waals surface area contributed by atoms with Gasteiger partial charge in [0.2, 0.25) is 0 Å². The smallest absolute Gasteiger partial charge is 0.315 e.